The minimum atomic E-state index is 0.276. The van der Waals surface area contributed by atoms with Crippen molar-refractivity contribution in [2.24, 2.45) is 0 Å². The van der Waals surface area contributed by atoms with Crippen LogP contribution in [0.1, 0.15) is 24.1 Å². The second-order valence-electron chi connectivity index (χ2n) is 3.76. The lowest BCUT2D eigenvalue weighted by Crippen LogP contribution is -2.17. The van der Waals surface area contributed by atoms with E-state index in [1.807, 2.05) is 30.6 Å². The minimum absolute atomic E-state index is 0.276. The third-order valence-corrected chi connectivity index (χ3v) is 2.76. The lowest BCUT2D eigenvalue weighted by Gasteiger charge is -2.11. The molecular weight excluding hydrogens is 222 g/mol. The molecule has 16 heavy (non-hydrogen) atoms. The smallest absolute Gasteiger partial charge is 0.0534 e. The number of nitrogens with one attached hydrogen (secondary N) is 2. The molecule has 84 valence electrons. The summed E-state index contributed by atoms with van der Waals surface area (Å²) in [6, 6.07) is 8.14. The van der Waals surface area contributed by atoms with Crippen LogP contribution in [0.25, 0.3) is 0 Å². The number of hydrogen-bond acceptors (Lipinski definition) is 2. The number of hydrogen-bond donors (Lipinski definition) is 2. The van der Waals surface area contributed by atoms with Crippen molar-refractivity contribution < 1.29 is 0 Å². The van der Waals surface area contributed by atoms with Crippen LogP contribution >= 0.6 is 11.6 Å². The van der Waals surface area contributed by atoms with Crippen molar-refractivity contribution in [1.29, 1.82) is 0 Å². The van der Waals surface area contributed by atoms with Crippen LogP contribution in [0.15, 0.2) is 36.7 Å². The zero-order valence-corrected chi connectivity index (χ0v) is 9.83. The molecule has 0 fully saturated rings. The van der Waals surface area contributed by atoms with Gasteiger partial charge in [0.25, 0.3) is 0 Å². The van der Waals surface area contributed by atoms with Crippen molar-refractivity contribution in [2.75, 3.05) is 0 Å². The van der Waals surface area contributed by atoms with Gasteiger partial charge in [0.2, 0.25) is 0 Å². The van der Waals surface area contributed by atoms with Gasteiger partial charge < -0.3 is 5.32 Å². The summed E-state index contributed by atoms with van der Waals surface area (Å²) in [5, 5.41) is 10.9. The van der Waals surface area contributed by atoms with E-state index in [2.05, 4.69) is 28.5 Å². The zero-order valence-electron chi connectivity index (χ0n) is 9.07. The molecular formula is C12H14ClN3. The summed E-state index contributed by atoms with van der Waals surface area (Å²) in [7, 11) is 0. The Morgan fingerprint density at radius 1 is 1.50 bits per heavy atom. The van der Waals surface area contributed by atoms with Gasteiger partial charge in [-0.2, -0.15) is 5.10 Å². The van der Waals surface area contributed by atoms with E-state index in [0.717, 1.165) is 17.1 Å². The molecule has 0 saturated carbocycles. The van der Waals surface area contributed by atoms with Gasteiger partial charge in [0.05, 0.1) is 6.20 Å². The van der Waals surface area contributed by atoms with Crippen LogP contribution in [0.3, 0.4) is 0 Å². The quantitative estimate of drug-likeness (QED) is 0.856. The lowest BCUT2D eigenvalue weighted by atomic mass is 10.1. The Morgan fingerprint density at radius 2 is 2.38 bits per heavy atom. The fourth-order valence-corrected chi connectivity index (χ4v) is 1.75. The van der Waals surface area contributed by atoms with Gasteiger partial charge in [-0.05, 0) is 24.6 Å². The van der Waals surface area contributed by atoms with Crippen molar-refractivity contribution in [1.82, 2.24) is 15.5 Å². The van der Waals surface area contributed by atoms with E-state index in [-0.39, 0.29) is 6.04 Å². The monoisotopic (exact) mass is 235 g/mol. The van der Waals surface area contributed by atoms with E-state index in [1.54, 1.807) is 0 Å². The van der Waals surface area contributed by atoms with Crippen LogP contribution in [-0.2, 0) is 6.54 Å². The summed E-state index contributed by atoms with van der Waals surface area (Å²) in [4.78, 5) is 0. The van der Waals surface area contributed by atoms with Crippen LogP contribution in [-0.4, -0.2) is 10.2 Å². The first kappa shape index (κ1) is 11.2. The Bertz CT molecular complexity index is 439. The molecule has 0 aliphatic rings. The van der Waals surface area contributed by atoms with Gasteiger partial charge in [0.15, 0.2) is 0 Å². The normalized spacial score (nSPS) is 12.6. The number of nitrogens with zero attached hydrogens (tertiary/aromatic N) is 1. The van der Waals surface area contributed by atoms with Gasteiger partial charge in [0, 0.05) is 29.4 Å². The van der Waals surface area contributed by atoms with Crippen molar-refractivity contribution >= 4 is 11.6 Å². The molecule has 1 aromatic carbocycles. The maximum absolute atomic E-state index is 5.92. The molecule has 2 aromatic rings. The molecule has 0 aliphatic carbocycles. The first-order valence-corrected chi connectivity index (χ1v) is 5.60. The molecule has 0 spiro atoms. The van der Waals surface area contributed by atoms with E-state index < -0.39 is 0 Å². The van der Waals surface area contributed by atoms with Crippen molar-refractivity contribution in [2.45, 2.75) is 19.5 Å². The van der Waals surface area contributed by atoms with Gasteiger partial charge in [-0.15, -0.1) is 0 Å². The van der Waals surface area contributed by atoms with E-state index in [1.165, 1.54) is 5.56 Å². The number of H-pyrrole nitrogens is 1. The largest absolute Gasteiger partial charge is 0.306 e. The summed E-state index contributed by atoms with van der Waals surface area (Å²) in [6.07, 6.45) is 3.73. The maximum Gasteiger partial charge on any atom is 0.0534 e. The Balaban J connectivity index is 1.92. The fourth-order valence-electron chi connectivity index (χ4n) is 1.53. The average molecular weight is 236 g/mol. The standard InChI is InChI=1S/C12H14ClN3/c1-9(11-7-15-16-8-11)14-6-10-3-2-4-12(13)5-10/h2-5,7-9,14H,6H2,1H3,(H,15,16). The predicted octanol–water partition coefficient (Wildman–Crippen LogP) is 2.91. The second-order valence-corrected chi connectivity index (χ2v) is 4.20. The zero-order chi connectivity index (χ0) is 11.4. The van der Waals surface area contributed by atoms with Gasteiger partial charge in [-0.25, -0.2) is 0 Å². The van der Waals surface area contributed by atoms with Crippen LogP contribution in [0, 0.1) is 0 Å². The number of aromatic amines is 1. The molecule has 0 radical (unpaired) electrons. The van der Waals surface area contributed by atoms with Gasteiger partial charge in [0.1, 0.15) is 0 Å². The van der Waals surface area contributed by atoms with Crippen LogP contribution in [0.2, 0.25) is 5.02 Å². The first-order valence-electron chi connectivity index (χ1n) is 5.22. The summed E-state index contributed by atoms with van der Waals surface area (Å²) >= 11 is 5.92. The molecule has 1 atom stereocenters. The van der Waals surface area contributed by atoms with Crippen LogP contribution in [0.5, 0.6) is 0 Å². The number of benzene rings is 1. The third kappa shape index (κ3) is 2.84. The fraction of sp³-hybridized carbons (Fsp3) is 0.250. The topological polar surface area (TPSA) is 40.7 Å². The van der Waals surface area contributed by atoms with Gasteiger partial charge >= 0.3 is 0 Å². The van der Waals surface area contributed by atoms with Gasteiger partial charge in [-0.3, -0.25) is 5.10 Å². The Kier molecular flexibility index (Phi) is 3.59. The highest BCUT2D eigenvalue weighted by Crippen LogP contribution is 2.13. The highest BCUT2D eigenvalue weighted by molar-refractivity contribution is 6.30. The molecule has 0 amide bonds. The SMILES string of the molecule is CC(NCc1cccc(Cl)c1)c1cn[nH]c1. The maximum atomic E-state index is 5.92. The molecule has 4 heteroatoms. The Labute approximate surface area is 99.8 Å². The van der Waals surface area contributed by atoms with Gasteiger partial charge in [-0.1, -0.05) is 23.7 Å². The van der Waals surface area contributed by atoms with Crippen LogP contribution < -0.4 is 5.32 Å². The molecule has 1 heterocycles. The van der Waals surface area contributed by atoms with Crippen molar-refractivity contribution in [3.05, 3.63) is 52.8 Å². The van der Waals surface area contributed by atoms with E-state index in [4.69, 9.17) is 11.6 Å². The van der Waals surface area contributed by atoms with Crippen LogP contribution in [0.4, 0.5) is 0 Å². The highest BCUT2D eigenvalue weighted by atomic mass is 35.5. The minimum Gasteiger partial charge on any atom is -0.306 e. The molecule has 0 saturated heterocycles. The molecule has 2 rings (SSSR count). The molecule has 1 unspecified atom stereocenters. The van der Waals surface area contributed by atoms with E-state index in [0.29, 0.717) is 0 Å². The summed E-state index contributed by atoms with van der Waals surface area (Å²) in [5.41, 5.74) is 2.34. The molecule has 1 aromatic heterocycles. The molecule has 2 N–H and O–H groups in total. The number of aromatic nitrogens is 2. The number of halogens is 1. The van der Waals surface area contributed by atoms with Crippen molar-refractivity contribution in [3.8, 4) is 0 Å². The third-order valence-electron chi connectivity index (χ3n) is 2.52. The summed E-state index contributed by atoms with van der Waals surface area (Å²) in [6.45, 7) is 2.91. The molecule has 0 aliphatic heterocycles. The second kappa shape index (κ2) is 5.14. The Hall–Kier alpha value is -1.32. The van der Waals surface area contributed by atoms with E-state index in [9.17, 15) is 0 Å². The van der Waals surface area contributed by atoms with Crippen molar-refractivity contribution in [3.63, 3.8) is 0 Å². The highest BCUT2D eigenvalue weighted by Gasteiger charge is 2.05. The number of rotatable bonds is 4. The molecule has 3 nitrogen and oxygen atoms in total. The Morgan fingerprint density at radius 3 is 3.06 bits per heavy atom. The van der Waals surface area contributed by atoms with E-state index >= 15 is 0 Å². The predicted molar refractivity (Wildman–Crippen MR) is 65.3 cm³/mol. The first-order chi connectivity index (χ1) is 7.75. The summed E-state index contributed by atoms with van der Waals surface area (Å²) in [5.74, 6) is 0. The molecule has 0 bridgehead atoms. The summed E-state index contributed by atoms with van der Waals surface area (Å²) < 4.78 is 0. The average Bonchev–Trinajstić information content (AvgIpc) is 2.79. The lowest BCUT2D eigenvalue weighted by molar-refractivity contribution is 0.575.